The average molecular weight is 330 g/mol. The molecule has 0 radical (unpaired) electrons. The van der Waals surface area contributed by atoms with Crippen LogP contribution in [0.15, 0.2) is 52.5 Å². The van der Waals surface area contributed by atoms with Crippen LogP contribution in [0.5, 0.6) is 0 Å². The summed E-state index contributed by atoms with van der Waals surface area (Å²) >= 11 is 0. The second-order valence-corrected chi connectivity index (χ2v) is 7.58. The summed E-state index contributed by atoms with van der Waals surface area (Å²) in [5.41, 5.74) is 4.06. The van der Waals surface area contributed by atoms with Crippen LogP contribution < -0.4 is 4.83 Å². The van der Waals surface area contributed by atoms with Crippen molar-refractivity contribution in [2.24, 2.45) is 5.10 Å². The Bertz CT molecular complexity index is 807. The average Bonchev–Trinajstić information content (AvgIpc) is 2.50. The molecular formula is C18H22N2O2S. The summed E-state index contributed by atoms with van der Waals surface area (Å²) in [6.45, 7) is 8.08. The zero-order valence-corrected chi connectivity index (χ0v) is 14.7. The lowest BCUT2D eigenvalue weighted by Crippen LogP contribution is -2.18. The van der Waals surface area contributed by atoms with Crippen LogP contribution >= 0.6 is 0 Å². The maximum atomic E-state index is 12.2. The summed E-state index contributed by atoms with van der Waals surface area (Å²) in [5.74, 6) is 0.462. The molecule has 23 heavy (non-hydrogen) atoms. The van der Waals surface area contributed by atoms with Gasteiger partial charge >= 0.3 is 0 Å². The lowest BCUT2D eigenvalue weighted by Gasteiger charge is -2.06. The second-order valence-electron chi connectivity index (χ2n) is 5.92. The minimum absolute atomic E-state index is 0.216. The van der Waals surface area contributed by atoms with Gasteiger partial charge in [0.15, 0.2) is 0 Å². The first kappa shape index (κ1) is 17.2. The monoisotopic (exact) mass is 330 g/mol. The fraction of sp³-hybridized carbons (Fsp3) is 0.278. The first-order valence-corrected chi connectivity index (χ1v) is 9.00. The molecule has 0 saturated heterocycles. The molecule has 0 bridgehead atoms. The van der Waals surface area contributed by atoms with Gasteiger partial charge in [-0.25, -0.2) is 4.83 Å². The number of rotatable bonds is 5. The number of nitrogens with zero attached hydrogens (tertiary/aromatic N) is 1. The van der Waals surface area contributed by atoms with E-state index in [-0.39, 0.29) is 4.90 Å². The van der Waals surface area contributed by atoms with Crippen LogP contribution in [-0.4, -0.2) is 14.6 Å². The van der Waals surface area contributed by atoms with E-state index < -0.39 is 10.0 Å². The Morgan fingerprint density at radius 2 is 1.65 bits per heavy atom. The molecular weight excluding hydrogens is 308 g/mol. The third-order valence-electron chi connectivity index (χ3n) is 3.78. The maximum absolute atomic E-state index is 12.2. The Labute approximate surface area is 138 Å². The molecule has 0 amide bonds. The fourth-order valence-corrected chi connectivity index (χ4v) is 2.95. The highest BCUT2D eigenvalue weighted by Gasteiger charge is 2.13. The normalized spacial score (nSPS) is 12.0. The molecule has 0 unspecified atom stereocenters. The van der Waals surface area contributed by atoms with Crippen LogP contribution in [0.25, 0.3) is 0 Å². The Balaban J connectivity index is 2.10. The van der Waals surface area contributed by atoms with Crippen molar-refractivity contribution >= 4 is 16.2 Å². The Kier molecular flexibility index (Phi) is 5.21. The molecule has 0 spiro atoms. The van der Waals surface area contributed by atoms with E-state index in [0.717, 1.165) is 16.7 Å². The molecule has 0 heterocycles. The number of hydrogen-bond acceptors (Lipinski definition) is 3. The molecule has 2 rings (SSSR count). The summed E-state index contributed by atoms with van der Waals surface area (Å²) < 4.78 is 24.4. The van der Waals surface area contributed by atoms with Crippen LogP contribution in [-0.2, 0) is 10.0 Å². The number of benzene rings is 2. The van der Waals surface area contributed by atoms with Crippen LogP contribution in [0.2, 0.25) is 0 Å². The molecule has 0 saturated carbocycles. The van der Waals surface area contributed by atoms with Gasteiger partial charge in [-0.05, 0) is 54.2 Å². The van der Waals surface area contributed by atoms with Crippen molar-refractivity contribution in [3.63, 3.8) is 0 Å². The van der Waals surface area contributed by atoms with Crippen LogP contribution in [0.4, 0.5) is 0 Å². The van der Waals surface area contributed by atoms with Gasteiger partial charge in [0.25, 0.3) is 10.0 Å². The quantitative estimate of drug-likeness (QED) is 0.670. The molecule has 2 aromatic carbocycles. The molecule has 0 fully saturated rings. The van der Waals surface area contributed by atoms with Gasteiger partial charge in [0, 0.05) is 0 Å². The third-order valence-corrected chi connectivity index (χ3v) is 5.00. The highest BCUT2D eigenvalue weighted by molar-refractivity contribution is 7.89. The zero-order valence-electron chi connectivity index (χ0n) is 13.9. The van der Waals surface area contributed by atoms with Gasteiger partial charge in [0.2, 0.25) is 0 Å². The number of hydrogen-bond donors (Lipinski definition) is 1. The van der Waals surface area contributed by atoms with Crippen LogP contribution in [0, 0.1) is 13.8 Å². The SMILES string of the molecule is Cc1ccc(S(=O)(=O)N/N=C/c2ccc(C(C)C)cc2)cc1C. The number of sulfonamides is 1. The Morgan fingerprint density at radius 3 is 2.22 bits per heavy atom. The van der Waals surface area contributed by atoms with Crippen molar-refractivity contribution in [3.05, 3.63) is 64.7 Å². The third kappa shape index (κ3) is 4.42. The molecule has 122 valence electrons. The van der Waals surface area contributed by atoms with Crippen LogP contribution in [0.1, 0.15) is 42.0 Å². The smallest absolute Gasteiger partial charge is 0.200 e. The molecule has 0 aliphatic heterocycles. The van der Waals surface area contributed by atoms with Crippen molar-refractivity contribution in [1.29, 1.82) is 0 Å². The van der Waals surface area contributed by atoms with Gasteiger partial charge < -0.3 is 0 Å². The van der Waals surface area contributed by atoms with Crippen molar-refractivity contribution in [3.8, 4) is 0 Å². The highest BCUT2D eigenvalue weighted by Crippen LogP contribution is 2.15. The minimum Gasteiger partial charge on any atom is -0.200 e. The van der Waals surface area contributed by atoms with Gasteiger partial charge in [-0.15, -0.1) is 0 Å². The summed E-state index contributed by atoms with van der Waals surface area (Å²) in [4.78, 5) is 2.47. The van der Waals surface area contributed by atoms with E-state index >= 15 is 0 Å². The minimum atomic E-state index is -3.64. The predicted molar refractivity (Wildman–Crippen MR) is 94.4 cm³/mol. The van der Waals surface area contributed by atoms with Gasteiger partial charge in [-0.1, -0.05) is 44.2 Å². The topological polar surface area (TPSA) is 58.5 Å². The number of nitrogens with one attached hydrogen (secondary N) is 1. The molecule has 0 atom stereocenters. The van der Waals surface area contributed by atoms with Gasteiger partial charge in [0.1, 0.15) is 0 Å². The molecule has 4 nitrogen and oxygen atoms in total. The number of aryl methyl sites for hydroxylation is 2. The van der Waals surface area contributed by atoms with E-state index in [1.165, 1.54) is 11.8 Å². The Morgan fingerprint density at radius 1 is 1.00 bits per heavy atom. The van der Waals surface area contributed by atoms with Gasteiger partial charge in [0.05, 0.1) is 11.1 Å². The van der Waals surface area contributed by atoms with Crippen LogP contribution in [0.3, 0.4) is 0 Å². The maximum Gasteiger partial charge on any atom is 0.276 e. The standard InChI is InChI=1S/C18H22N2O2S/c1-13(2)17-8-6-16(7-9-17)12-19-20-23(21,22)18-10-5-14(3)15(4)11-18/h5-13,20H,1-4H3/b19-12+. The highest BCUT2D eigenvalue weighted by atomic mass is 32.2. The number of hydrazone groups is 1. The predicted octanol–water partition coefficient (Wildman–Crippen LogP) is 3.74. The molecule has 0 aliphatic rings. The van der Waals surface area contributed by atoms with E-state index in [4.69, 9.17) is 0 Å². The zero-order chi connectivity index (χ0) is 17.0. The van der Waals surface area contributed by atoms with E-state index in [1.54, 1.807) is 18.2 Å². The summed E-state index contributed by atoms with van der Waals surface area (Å²) in [7, 11) is -3.64. The molecule has 0 aliphatic carbocycles. The van der Waals surface area contributed by atoms with Crippen molar-refractivity contribution in [2.75, 3.05) is 0 Å². The molecule has 2 aromatic rings. The summed E-state index contributed by atoms with van der Waals surface area (Å²) in [6, 6.07) is 12.9. The van der Waals surface area contributed by atoms with Crippen molar-refractivity contribution in [2.45, 2.75) is 38.5 Å². The second kappa shape index (κ2) is 6.96. The lowest BCUT2D eigenvalue weighted by atomic mass is 10.0. The van der Waals surface area contributed by atoms with Crippen molar-refractivity contribution < 1.29 is 8.42 Å². The van der Waals surface area contributed by atoms with E-state index in [0.29, 0.717) is 5.92 Å². The molecule has 5 heteroatoms. The molecule has 1 N–H and O–H groups in total. The first-order chi connectivity index (χ1) is 10.8. The summed E-state index contributed by atoms with van der Waals surface area (Å²) in [5, 5.41) is 3.85. The van der Waals surface area contributed by atoms with E-state index in [9.17, 15) is 8.42 Å². The van der Waals surface area contributed by atoms with Gasteiger partial charge in [-0.2, -0.15) is 13.5 Å². The van der Waals surface area contributed by atoms with Crippen molar-refractivity contribution in [1.82, 2.24) is 4.83 Å². The summed E-state index contributed by atoms with van der Waals surface area (Å²) in [6.07, 6.45) is 1.50. The lowest BCUT2D eigenvalue weighted by molar-refractivity contribution is 0.584. The Hall–Kier alpha value is -2.14. The van der Waals surface area contributed by atoms with E-state index in [2.05, 4.69) is 23.8 Å². The largest absolute Gasteiger partial charge is 0.276 e. The first-order valence-electron chi connectivity index (χ1n) is 7.51. The van der Waals surface area contributed by atoms with Gasteiger partial charge in [-0.3, -0.25) is 0 Å². The van der Waals surface area contributed by atoms with E-state index in [1.807, 2.05) is 38.1 Å². The fourth-order valence-electron chi connectivity index (χ4n) is 2.07. The molecule has 0 aromatic heterocycles.